The highest BCUT2D eigenvalue weighted by molar-refractivity contribution is 9.10. The molecule has 0 saturated carbocycles. The molecule has 0 aromatic heterocycles. The lowest BCUT2D eigenvalue weighted by atomic mass is 10.1. The fourth-order valence-electron chi connectivity index (χ4n) is 2.14. The summed E-state index contributed by atoms with van der Waals surface area (Å²) in [6.45, 7) is 4.57. The highest BCUT2D eigenvalue weighted by Crippen LogP contribution is 2.24. The van der Waals surface area contributed by atoms with Crippen LogP contribution in [0.15, 0.2) is 46.9 Å². The monoisotopic (exact) mass is 377 g/mol. The molecule has 1 unspecified atom stereocenters. The second-order valence-electron chi connectivity index (χ2n) is 5.47. The molecule has 2 aromatic carbocycles. The summed E-state index contributed by atoms with van der Waals surface area (Å²) < 4.78 is 6.85. The van der Waals surface area contributed by atoms with Crippen LogP contribution in [0.4, 0.5) is 0 Å². The fourth-order valence-corrected chi connectivity index (χ4v) is 2.55. The van der Waals surface area contributed by atoms with Crippen LogP contribution in [-0.4, -0.2) is 17.1 Å². The molecule has 0 aliphatic rings. The van der Waals surface area contributed by atoms with Gasteiger partial charge < -0.3 is 15.2 Å². The number of halogens is 1. The summed E-state index contributed by atoms with van der Waals surface area (Å²) in [5.41, 5.74) is 3.21. The summed E-state index contributed by atoms with van der Waals surface area (Å²) in [5, 5.41) is 11.9. The molecule has 0 radical (unpaired) electrons. The van der Waals surface area contributed by atoms with E-state index in [2.05, 4.69) is 27.3 Å². The van der Waals surface area contributed by atoms with Crippen LogP contribution in [0.2, 0.25) is 0 Å². The first kappa shape index (κ1) is 17.5. The van der Waals surface area contributed by atoms with E-state index in [-0.39, 0.29) is 0 Å². The highest BCUT2D eigenvalue weighted by Gasteiger charge is 2.12. The normalized spacial score (nSPS) is 12.0. The number of carboxylic acid groups (broad SMARTS) is 1. The van der Waals surface area contributed by atoms with Gasteiger partial charge in [0.15, 0.2) is 0 Å². The van der Waals surface area contributed by atoms with Gasteiger partial charge >= 0.3 is 5.97 Å². The molecule has 23 heavy (non-hydrogen) atoms. The van der Waals surface area contributed by atoms with Gasteiger partial charge in [0.05, 0.1) is 0 Å². The Hall–Kier alpha value is -1.85. The Labute approximate surface area is 144 Å². The lowest BCUT2D eigenvalue weighted by Gasteiger charge is -2.14. The predicted molar refractivity (Wildman–Crippen MR) is 93.6 cm³/mol. The van der Waals surface area contributed by atoms with Crippen molar-refractivity contribution in [1.29, 1.82) is 0 Å². The summed E-state index contributed by atoms with van der Waals surface area (Å²) in [4.78, 5) is 10.9. The van der Waals surface area contributed by atoms with E-state index in [4.69, 9.17) is 9.84 Å². The first-order chi connectivity index (χ1) is 11.0. The summed E-state index contributed by atoms with van der Waals surface area (Å²) in [6, 6.07) is 13.3. The number of carbonyl (C=O) groups is 1. The maximum atomic E-state index is 10.9. The van der Waals surface area contributed by atoms with Gasteiger partial charge in [0.1, 0.15) is 18.4 Å². The largest absolute Gasteiger partial charge is 0.489 e. The predicted octanol–water partition coefficient (Wildman–Crippen LogP) is 3.90. The van der Waals surface area contributed by atoms with E-state index in [9.17, 15) is 4.79 Å². The molecule has 0 aliphatic heterocycles. The zero-order valence-corrected chi connectivity index (χ0v) is 14.8. The molecule has 0 spiro atoms. The number of aryl methyl sites for hydroxylation is 1. The number of benzene rings is 2. The maximum absolute atomic E-state index is 10.9. The average Bonchev–Trinajstić information content (AvgIpc) is 2.51. The van der Waals surface area contributed by atoms with Gasteiger partial charge in [-0.1, -0.05) is 45.8 Å². The molecule has 5 heteroatoms. The molecule has 4 nitrogen and oxygen atoms in total. The number of ether oxygens (including phenoxy) is 1. The lowest BCUT2D eigenvalue weighted by Crippen LogP contribution is -2.33. The van der Waals surface area contributed by atoms with Gasteiger partial charge in [0, 0.05) is 16.6 Å². The molecular weight excluding hydrogens is 358 g/mol. The molecule has 0 aliphatic carbocycles. The van der Waals surface area contributed by atoms with Gasteiger partial charge in [0.25, 0.3) is 0 Å². The Balaban J connectivity index is 2.07. The summed E-state index contributed by atoms with van der Waals surface area (Å²) in [5.74, 6) is -0.123. The van der Waals surface area contributed by atoms with E-state index in [1.807, 2.05) is 43.3 Å². The van der Waals surface area contributed by atoms with Crippen molar-refractivity contribution in [1.82, 2.24) is 5.32 Å². The molecule has 2 rings (SSSR count). The fraction of sp³-hybridized carbons (Fsp3) is 0.278. The molecular formula is C18H20BrNO3. The minimum Gasteiger partial charge on any atom is -0.489 e. The van der Waals surface area contributed by atoms with Crippen LogP contribution in [0.5, 0.6) is 5.75 Å². The number of carboxylic acids is 1. The minimum atomic E-state index is -0.873. The zero-order chi connectivity index (χ0) is 16.8. The van der Waals surface area contributed by atoms with Gasteiger partial charge in [-0.05, 0) is 37.6 Å². The van der Waals surface area contributed by atoms with Crippen molar-refractivity contribution in [3.8, 4) is 5.75 Å². The van der Waals surface area contributed by atoms with Crippen molar-refractivity contribution in [3.05, 3.63) is 63.6 Å². The van der Waals surface area contributed by atoms with E-state index in [1.165, 1.54) is 5.56 Å². The standard InChI is InChI=1S/C18H20BrNO3/c1-12-4-3-5-14(8-12)11-23-17-7-6-16(19)9-15(17)10-20-13(2)18(21)22/h3-9,13,20H,10-11H2,1-2H3,(H,21,22). The van der Waals surface area contributed by atoms with E-state index >= 15 is 0 Å². The van der Waals surface area contributed by atoms with Gasteiger partial charge in [-0.15, -0.1) is 0 Å². The Kier molecular flexibility index (Phi) is 6.19. The van der Waals surface area contributed by atoms with Crippen LogP contribution in [0, 0.1) is 6.92 Å². The van der Waals surface area contributed by atoms with Crippen LogP contribution < -0.4 is 10.1 Å². The third-order valence-corrected chi connectivity index (χ3v) is 3.96. The van der Waals surface area contributed by atoms with Gasteiger partial charge in [-0.2, -0.15) is 0 Å². The average molecular weight is 378 g/mol. The van der Waals surface area contributed by atoms with Crippen molar-refractivity contribution in [2.24, 2.45) is 0 Å². The number of hydrogen-bond donors (Lipinski definition) is 2. The van der Waals surface area contributed by atoms with Gasteiger partial charge in [0.2, 0.25) is 0 Å². The zero-order valence-electron chi connectivity index (χ0n) is 13.2. The maximum Gasteiger partial charge on any atom is 0.320 e. The van der Waals surface area contributed by atoms with E-state index < -0.39 is 12.0 Å². The molecule has 2 aromatic rings. The molecule has 0 amide bonds. The molecule has 0 fully saturated rings. The SMILES string of the molecule is Cc1cccc(COc2ccc(Br)cc2CNC(C)C(=O)O)c1. The van der Waals surface area contributed by atoms with Crippen molar-refractivity contribution >= 4 is 21.9 Å². The van der Waals surface area contributed by atoms with Gasteiger partial charge in [-0.3, -0.25) is 4.79 Å². The quantitative estimate of drug-likeness (QED) is 0.767. The number of aliphatic carboxylic acids is 1. The Morgan fingerprint density at radius 1 is 1.30 bits per heavy atom. The first-order valence-corrected chi connectivity index (χ1v) is 8.18. The van der Waals surface area contributed by atoms with Crippen molar-refractivity contribution in [2.45, 2.75) is 33.0 Å². The minimum absolute atomic E-state index is 0.427. The molecule has 122 valence electrons. The Morgan fingerprint density at radius 2 is 2.09 bits per heavy atom. The molecule has 0 saturated heterocycles. The van der Waals surface area contributed by atoms with Crippen LogP contribution >= 0.6 is 15.9 Å². The topological polar surface area (TPSA) is 58.6 Å². The first-order valence-electron chi connectivity index (χ1n) is 7.38. The van der Waals surface area contributed by atoms with Gasteiger partial charge in [-0.25, -0.2) is 0 Å². The molecule has 0 bridgehead atoms. The number of hydrogen-bond acceptors (Lipinski definition) is 3. The number of nitrogens with one attached hydrogen (secondary N) is 1. The summed E-state index contributed by atoms with van der Waals surface area (Å²) >= 11 is 3.44. The van der Waals surface area contributed by atoms with Crippen LogP contribution in [0.1, 0.15) is 23.6 Å². The van der Waals surface area contributed by atoms with Crippen molar-refractivity contribution in [2.75, 3.05) is 0 Å². The third-order valence-electron chi connectivity index (χ3n) is 3.47. The smallest absolute Gasteiger partial charge is 0.320 e. The van der Waals surface area contributed by atoms with E-state index in [0.29, 0.717) is 13.2 Å². The second kappa shape index (κ2) is 8.13. The van der Waals surface area contributed by atoms with Crippen molar-refractivity contribution in [3.63, 3.8) is 0 Å². The van der Waals surface area contributed by atoms with Crippen molar-refractivity contribution < 1.29 is 14.6 Å². The lowest BCUT2D eigenvalue weighted by molar-refractivity contribution is -0.139. The van der Waals surface area contributed by atoms with Crippen LogP contribution in [-0.2, 0) is 17.9 Å². The summed E-state index contributed by atoms with van der Waals surface area (Å²) in [7, 11) is 0. The second-order valence-corrected chi connectivity index (χ2v) is 6.39. The summed E-state index contributed by atoms with van der Waals surface area (Å²) in [6.07, 6.45) is 0. The molecule has 1 atom stereocenters. The molecule has 2 N–H and O–H groups in total. The van der Waals surface area contributed by atoms with Crippen LogP contribution in [0.3, 0.4) is 0 Å². The van der Waals surface area contributed by atoms with E-state index in [1.54, 1.807) is 6.92 Å². The molecule has 0 heterocycles. The number of rotatable bonds is 7. The third kappa shape index (κ3) is 5.37. The Morgan fingerprint density at radius 3 is 2.78 bits per heavy atom. The van der Waals surface area contributed by atoms with Crippen LogP contribution in [0.25, 0.3) is 0 Å². The van der Waals surface area contributed by atoms with E-state index in [0.717, 1.165) is 21.3 Å². The Bertz CT molecular complexity index is 688. The highest BCUT2D eigenvalue weighted by atomic mass is 79.9.